The van der Waals surface area contributed by atoms with Crippen molar-refractivity contribution in [3.63, 3.8) is 0 Å². The minimum atomic E-state index is -0.806. The Morgan fingerprint density at radius 3 is 1.94 bits per heavy atom. The molecule has 0 aliphatic carbocycles. The lowest BCUT2D eigenvalue weighted by Crippen LogP contribution is -1.92. The molecule has 94 valence electrons. The van der Waals surface area contributed by atoms with Gasteiger partial charge < -0.3 is 0 Å². The van der Waals surface area contributed by atoms with Crippen LogP contribution in [0.4, 0.5) is 8.78 Å². The van der Waals surface area contributed by atoms with Crippen molar-refractivity contribution in [1.82, 2.24) is 0 Å². The Morgan fingerprint density at radius 1 is 0.722 bits per heavy atom. The summed E-state index contributed by atoms with van der Waals surface area (Å²) in [6.45, 7) is 4.22. The van der Waals surface area contributed by atoms with Crippen LogP contribution in [0, 0.1) is 11.6 Å². The van der Waals surface area contributed by atoms with Gasteiger partial charge in [0.15, 0.2) is 11.6 Å². The summed E-state index contributed by atoms with van der Waals surface area (Å²) in [7, 11) is 0. The van der Waals surface area contributed by atoms with E-state index in [0.717, 1.165) is 18.4 Å². The van der Waals surface area contributed by atoms with Gasteiger partial charge in [-0.15, -0.1) is 0 Å². The number of rotatable bonds is 3. The average Bonchev–Trinajstić information content (AvgIpc) is 2.41. The van der Waals surface area contributed by atoms with Crippen molar-refractivity contribution in [3.05, 3.63) is 59.2 Å². The standard InChI is InChI=1S/C16H16F2/c1-3-11-5-6-13(9-12(11)4-2)14-7-8-15(17)16(18)10-14/h5-10H,3-4H2,1-2H3. The first kappa shape index (κ1) is 12.7. The zero-order chi connectivity index (χ0) is 13.1. The van der Waals surface area contributed by atoms with Gasteiger partial charge in [-0.1, -0.05) is 38.1 Å². The molecule has 0 unspecified atom stereocenters. The highest BCUT2D eigenvalue weighted by Crippen LogP contribution is 2.24. The third-order valence-electron chi connectivity index (χ3n) is 3.22. The van der Waals surface area contributed by atoms with Gasteiger partial charge in [0.1, 0.15) is 0 Å². The predicted octanol–water partition coefficient (Wildman–Crippen LogP) is 4.76. The molecule has 0 fully saturated rings. The number of halogens is 2. The summed E-state index contributed by atoms with van der Waals surface area (Å²) in [6, 6.07) is 10.1. The molecule has 0 aliphatic heterocycles. The van der Waals surface area contributed by atoms with Crippen LogP contribution >= 0.6 is 0 Å². The van der Waals surface area contributed by atoms with Crippen molar-refractivity contribution in [3.8, 4) is 11.1 Å². The van der Waals surface area contributed by atoms with E-state index in [9.17, 15) is 8.78 Å². The highest BCUT2D eigenvalue weighted by Gasteiger charge is 2.06. The number of aryl methyl sites for hydroxylation is 2. The fourth-order valence-electron chi connectivity index (χ4n) is 2.16. The van der Waals surface area contributed by atoms with Crippen LogP contribution in [0.5, 0.6) is 0 Å². The van der Waals surface area contributed by atoms with Crippen molar-refractivity contribution in [1.29, 1.82) is 0 Å². The van der Waals surface area contributed by atoms with E-state index in [1.165, 1.54) is 23.3 Å². The minimum absolute atomic E-state index is 0.714. The quantitative estimate of drug-likeness (QED) is 0.732. The Bertz CT molecular complexity index is 559. The Balaban J connectivity index is 2.47. The lowest BCUT2D eigenvalue weighted by atomic mass is 9.96. The Kier molecular flexibility index (Phi) is 3.75. The van der Waals surface area contributed by atoms with Crippen LogP contribution in [0.2, 0.25) is 0 Å². The summed E-state index contributed by atoms with van der Waals surface area (Å²) >= 11 is 0. The van der Waals surface area contributed by atoms with Crippen molar-refractivity contribution in [2.45, 2.75) is 26.7 Å². The Hall–Kier alpha value is -1.70. The van der Waals surface area contributed by atoms with Crippen LogP contribution in [0.15, 0.2) is 36.4 Å². The van der Waals surface area contributed by atoms with E-state index >= 15 is 0 Å². The second-order valence-electron chi connectivity index (χ2n) is 4.32. The van der Waals surface area contributed by atoms with Crippen LogP contribution in [-0.2, 0) is 12.8 Å². The van der Waals surface area contributed by atoms with Crippen LogP contribution in [0.1, 0.15) is 25.0 Å². The van der Waals surface area contributed by atoms with Gasteiger partial charge in [0.25, 0.3) is 0 Å². The summed E-state index contributed by atoms with van der Waals surface area (Å²) in [4.78, 5) is 0. The van der Waals surface area contributed by atoms with Gasteiger partial charge in [-0.05, 0) is 47.2 Å². The number of hydrogen-bond acceptors (Lipinski definition) is 0. The van der Waals surface area contributed by atoms with E-state index in [1.807, 2.05) is 6.07 Å². The maximum Gasteiger partial charge on any atom is 0.159 e. The van der Waals surface area contributed by atoms with Crippen LogP contribution in [-0.4, -0.2) is 0 Å². The number of benzene rings is 2. The van der Waals surface area contributed by atoms with Crippen LogP contribution < -0.4 is 0 Å². The molecule has 2 aromatic rings. The summed E-state index contributed by atoms with van der Waals surface area (Å²) in [5, 5.41) is 0. The third-order valence-corrected chi connectivity index (χ3v) is 3.22. The fourth-order valence-corrected chi connectivity index (χ4v) is 2.16. The van der Waals surface area contributed by atoms with E-state index in [0.29, 0.717) is 5.56 Å². The van der Waals surface area contributed by atoms with Gasteiger partial charge in [0.05, 0.1) is 0 Å². The summed E-state index contributed by atoms with van der Waals surface area (Å²) in [6.07, 6.45) is 1.93. The SMILES string of the molecule is CCc1ccc(-c2ccc(F)c(F)c2)cc1CC. The molecule has 2 rings (SSSR count). The molecule has 2 aromatic carbocycles. The summed E-state index contributed by atoms with van der Waals surface area (Å²) < 4.78 is 26.1. The Morgan fingerprint density at radius 2 is 1.33 bits per heavy atom. The minimum Gasteiger partial charge on any atom is -0.204 e. The molecular weight excluding hydrogens is 230 g/mol. The van der Waals surface area contributed by atoms with Crippen molar-refractivity contribution < 1.29 is 8.78 Å². The molecule has 0 N–H and O–H groups in total. The molecule has 0 nitrogen and oxygen atoms in total. The second-order valence-corrected chi connectivity index (χ2v) is 4.32. The molecule has 0 saturated carbocycles. The Labute approximate surface area is 106 Å². The summed E-state index contributed by atoms with van der Waals surface area (Å²) in [5.74, 6) is -1.61. The molecule has 0 aromatic heterocycles. The van der Waals surface area contributed by atoms with E-state index in [-0.39, 0.29) is 0 Å². The van der Waals surface area contributed by atoms with Crippen LogP contribution in [0.25, 0.3) is 11.1 Å². The second kappa shape index (κ2) is 5.30. The highest BCUT2D eigenvalue weighted by atomic mass is 19.2. The molecular formula is C16H16F2. The van der Waals surface area contributed by atoms with Crippen molar-refractivity contribution >= 4 is 0 Å². The molecule has 0 radical (unpaired) electrons. The molecule has 0 aliphatic rings. The van der Waals surface area contributed by atoms with Crippen molar-refractivity contribution in [2.75, 3.05) is 0 Å². The molecule has 18 heavy (non-hydrogen) atoms. The normalized spacial score (nSPS) is 10.7. The van der Waals surface area contributed by atoms with E-state index in [2.05, 4.69) is 26.0 Å². The zero-order valence-corrected chi connectivity index (χ0v) is 10.6. The average molecular weight is 246 g/mol. The summed E-state index contributed by atoms with van der Waals surface area (Å²) in [5.41, 5.74) is 4.22. The molecule has 0 atom stereocenters. The lowest BCUT2D eigenvalue weighted by Gasteiger charge is -2.09. The van der Waals surface area contributed by atoms with E-state index in [1.54, 1.807) is 6.07 Å². The highest BCUT2D eigenvalue weighted by molar-refractivity contribution is 5.65. The van der Waals surface area contributed by atoms with E-state index < -0.39 is 11.6 Å². The van der Waals surface area contributed by atoms with Gasteiger partial charge in [-0.3, -0.25) is 0 Å². The van der Waals surface area contributed by atoms with Crippen LogP contribution in [0.3, 0.4) is 0 Å². The van der Waals surface area contributed by atoms with Crippen molar-refractivity contribution in [2.24, 2.45) is 0 Å². The third kappa shape index (κ3) is 2.42. The molecule has 0 bridgehead atoms. The molecule has 0 saturated heterocycles. The first-order chi connectivity index (χ1) is 8.65. The van der Waals surface area contributed by atoms with Gasteiger partial charge >= 0.3 is 0 Å². The largest absolute Gasteiger partial charge is 0.204 e. The van der Waals surface area contributed by atoms with Gasteiger partial charge in [-0.25, -0.2) is 8.78 Å². The smallest absolute Gasteiger partial charge is 0.159 e. The fraction of sp³-hybridized carbons (Fsp3) is 0.250. The topological polar surface area (TPSA) is 0 Å². The number of hydrogen-bond donors (Lipinski definition) is 0. The molecule has 0 heterocycles. The molecule has 2 heteroatoms. The lowest BCUT2D eigenvalue weighted by molar-refractivity contribution is 0.509. The molecule has 0 spiro atoms. The maximum absolute atomic E-state index is 13.2. The molecule has 0 amide bonds. The van der Waals surface area contributed by atoms with Gasteiger partial charge in [0, 0.05) is 0 Å². The maximum atomic E-state index is 13.2. The first-order valence-corrected chi connectivity index (χ1v) is 6.23. The van der Waals surface area contributed by atoms with Gasteiger partial charge in [0.2, 0.25) is 0 Å². The van der Waals surface area contributed by atoms with Gasteiger partial charge in [-0.2, -0.15) is 0 Å². The predicted molar refractivity (Wildman–Crippen MR) is 70.6 cm³/mol. The van der Waals surface area contributed by atoms with E-state index in [4.69, 9.17) is 0 Å². The monoisotopic (exact) mass is 246 g/mol. The first-order valence-electron chi connectivity index (χ1n) is 6.23. The zero-order valence-electron chi connectivity index (χ0n) is 10.6.